The molecule has 4 nitrogen and oxygen atoms in total. The average Bonchev–Trinajstić information content (AvgIpc) is 2.78. The Kier molecular flexibility index (Phi) is 4.05. The lowest BCUT2D eigenvalue weighted by atomic mass is 9.84. The minimum atomic E-state index is -0.641. The molecule has 0 radical (unpaired) electrons. The molecule has 1 heterocycles. The van der Waals surface area contributed by atoms with E-state index in [9.17, 15) is 9.90 Å². The van der Waals surface area contributed by atoms with Gasteiger partial charge in [0.05, 0.1) is 0 Å². The van der Waals surface area contributed by atoms with Crippen LogP contribution in [-0.2, 0) is 9.53 Å². The number of carbonyl (C=O) groups is 1. The Labute approximate surface area is 103 Å². The smallest absolute Gasteiger partial charge is 0.252 e. The number of carbonyl (C=O) groups excluding carboxylic acids is 1. The third-order valence-electron chi connectivity index (χ3n) is 4.16. The number of hydrogen-bond acceptors (Lipinski definition) is 3. The fraction of sp³-hybridized carbons (Fsp3) is 0.923. The molecular formula is C13H23NO3. The molecule has 2 fully saturated rings. The lowest BCUT2D eigenvalue weighted by Crippen LogP contribution is -2.51. The van der Waals surface area contributed by atoms with Crippen molar-refractivity contribution in [3.63, 3.8) is 0 Å². The zero-order chi connectivity index (χ0) is 12.3. The Morgan fingerprint density at radius 2 is 2.18 bits per heavy atom. The highest BCUT2D eigenvalue weighted by atomic mass is 16.5. The van der Waals surface area contributed by atoms with Crippen molar-refractivity contribution in [2.24, 2.45) is 5.92 Å². The minimum Gasteiger partial charge on any atom is -0.396 e. The topological polar surface area (TPSA) is 58.6 Å². The molecule has 0 aromatic carbocycles. The standard InChI is InChI=1S/C13H23NO3/c1-13(7-4-8-17-13)12(16)14-11-6-3-2-5-10(11)9-15/h10-11,15H,2-9H2,1H3,(H,14,16). The van der Waals surface area contributed by atoms with Crippen molar-refractivity contribution < 1.29 is 14.6 Å². The van der Waals surface area contributed by atoms with Crippen molar-refractivity contribution in [1.29, 1.82) is 0 Å². The van der Waals surface area contributed by atoms with Gasteiger partial charge in [0.1, 0.15) is 5.60 Å². The molecule has 1 aliphatic carbocycles. The van der Waals surface area contributed by atoms with Crippen LogP contribution in [0.25, 0.3) is 0 Å². The molecular weight excluding hydrogens is 218 g/mol. The number of amides is 1. The van der Waals surface area contributed by atoms with Gasteiger partial charge in [-0.1, -0.05) is 12.8 Å². The van der Waals surface area contributed by atoms with Gasteiger partial charge in [-0.2, -0.15) is 0 Å². The maximum atomic E-state index is 12.2. The predicted molar refractivity (Wildman–Crippen MR) is 64.6 cm³/mol. The molecule has 2 N–H and O–H groups in total. The summed E-state index contributed by atoms with van der Waals surface area (Å²) in [5.41, 5.74) is -0.641. The van der Waals surface area contributed by atoms with Crippen molar-refractivity contribution in [2.75, 3.05) is 13.2 Å². The van der Waals surface area contributed by atoms with Gasteiger partial charge in [0.15, 0.2) is 0 Å². The Morgan fingerprint density at radius 3 is 2.82 bits per heavy atom. The Bertz CT molecular complexity index is 274. The van der Waals surface area contributed by atoms with Crippen LogP contribution in [0.2, 0.25) is 0 Å². The van der Waals surface area contributed by atoms with E-state index >= 15 is 0 Å². The van der Waals surface area contributed by atoms with Crippen LogP contribution < -0.4 is 5.32 Å². The molecule has 0 aromatic rings. The summed E-state index contributed by atoms with van der Waals surface area (Å²) in [6.45, 7) is 2.71. The molecule has 1 saturated carbocycles. The Hall–Kier alpha value is -0.610. The van der Waals surface area contributed by atoms with E-state index in [1.165, 1.54) is 0 Å². The van der Waals surface area contributed by atoms with Crippen LogP contribution >= 0.6 is 0 Å². The van der Waals surface area contributed by atoms with E-state index in [1.807, 2.05) is 6.92 Å². The normalized spacial score (nSPS) is 38.0. The highest BCUT2D eigenvalue weighted by Gasteiger charge is 2.39. The van der Waals surface area contributed by atoms with Crippen molar-refractivity contribution in [3.05, 3.63) is 0 Å². The number of aliphatic hydroxyl groups excluding tert-OH is 1. The first kappa shape index (κ1) is 12.8. The van der Waals surface area contributed by atoms with E-state index in [0.29, 0.717) is 6.61 Å². The summed E-state index contributed by atoms with van der Waals surface area (Å²) in [6, 6.07) is 0.127. The van der Waals surface area contributed by atoms with Crippen LogP contribution in [0, 0.1) is 5.92 Å². The van der Waals surface area contributed by atoms with E-state index in [1.54, 1.807) is 0 Å². The summed E-state index contributed by atoms with van der Waals surface area (Å²) in [5, 5.41) is 12.4. The van der Waals surface area contributed by atoms with Gasteiger partial charge < -0.3 is 15.2 Å². The first-order chi connectivity index (χ1) is 8.15. The lowest BCUT2D eigenvalue weighted by Gasteiger charge is -2.33. The molecule has 0 bridgehead atoms. The third kappa shape index (κ3) is 2.80. The summed E-state index contributed by atoms with van der Waals surface area (Å²) in [7, 11) is 0. The summed E-state index contributed by atoms with van der Waals surface area (Å²) in [4.78, 5) is 12.2. The van der Waals surface area contributed by atoms with Gasteiger partial charge in [0.25, 0.3) is 5.91 Å². The monoisotopic (exact) mass is 241 g/mol. The van der Waals surface area contributed by atoms with Gasteiger partial charge in [-0.15, -0.1) is 0 Å². The van der Waals surface area contributed by atoms with Gasteiger partial charge in [0.2, 0.25) is 0 Å². The largest absolute Gasteiger partial charge is 0.396 e. The van der Waals surface area contributed by atoms with Crippen LogP contribution in [0.15, 0.2) is 0 Å². The van der Waals surface area contributed by atoms with E-state index in [2.05, 4.69) is 5.32 Å². The van der Waals surface area contributed by atoms with E-state index in [4.69, 9.17) is 4.74 Å². The second kappa shape index (κ2) is 5.36. The molecule has 0 spiro atoms. The molecule has 0 aromatic heterocycles. The number of nitrogens with one attached hydrogen (secondary N) is 1. The van der Waals surface area contributed by atoms with Gasteiger partial charge in [-0.3, -0.25) is 4.79 Å². The number of ether oxygens (including phenoxy) is 1. The maximum absolute atomic E-state index is 12.2. The van der Waals surface area contributed by atoms with Crippen molar-refractivity contribution >= 4 is 5.91 Å². The van der Waals surface area contributed by atoms with Crippen LogP contribution in [0.3, 0.4) is 0 Å². The molecule has 1 amide bonds. The summed E-state index contributed by atoms with van der Waals surface area (Å²) in [6.07, 6.45) is 6.05. The van der Waals surface area contributed by atoms with Gasteiger partial charge in [-0.05, 0) is 32.6 Å². The third-order valence-corrected chi connectivity index (χ3v) is 4.16. The SMILES string of the molecule is CC1(C(=O)NC2CCCCC2CO)CCCO1. The molecule has 2 aliphatic rings. The number of hydrogen-bond donors (Lipinski definition) is 2. The zero-order valence-electron chi connectivity index (χ0n) is 10.6. The van der Waals surface area contributed by atoms with Gasteiger partial charge >= 0.3 is 0 Å². The van der Waals surface area contributed by atoms with E-state index < -0.39 is 5.60 Å². The van der Waals surface area contributed by atoms with Crippen molar-refractivity contribution in [1.82, 2.24) is 5.32 Å². The number of rotatable bonds is 3. The molecule has 1 aliphatic heterocycles. The molecule has 3 unspecified atom stereocenters. The fourth-order valence-corrected chi connectivity index (χ4v) is 2.90. The van der Waals surface area contributed by atoms with E-state index in [-0.39, 0.29) is 24.5 Å². The number of aliphatic hydroxyl groups is 1. The molecule has 1 saturated heterocycles. The average molecular weight is 241 g/mol. The van der Waals surface area contributed by atoms with Gasteiger partial charge in [-0.25, -0.2) is 0 Å². The molecule has 3 atom stereocenters. The fourth-order valence-electron chi connectivity index (χ4n) is 2.90. The minimum absolute atomic E-state index is 0.000324. The first-order valence-corrected chi connectivity index (χ1v) is 6.71. The molecule has 17 heavy (non-hydrogen) atoms. The zero-order valence-corrected chi connectivity index (χ0v) is 10.6. The Balaban J connectivity index is 1.92. The highest BCUT2D eigenvalue weighted by molar-refractivity contribution is 5.85. The summed E-state index contributed by atoms with van der Waals surface area (Å²) < 4.78 is 5.54. The van der Waals surface area contributed by atoms with Crippen molar-refractivity contribution in [2.45, 2.75) is 57.1 Å². The van der Waals surface area contributed by atoms with Crippen LogP contribution in [0.1, 0.15) is 45.4 Å². The van der Waals surface area contributed by atoms with Crippen LogP contribution in [-0.4, -0.2) is 35.9 Å². The van der Waals surface area contributed by atoms with E-state index in [0.717, 1.165) is 38.5 Å². The van der Waals surface area contributed by atoms with Crippen molar-refractivity contribution in [3.8, 4) is 0 Å². The Morgan fingerprint density at radius 1 is 1.41 bits per heavy atom. The second-order valence-electron chi connectivity index (χ2n) is 5.49. The van der Waals surface area contributed by atoms with Crippen LogP contribution in [0.4, 0.5) is 0 Å². The predicted octanol–water partition coefficient (Wildman–Crippen LogP) is 1.22. The first-order valence-electron chi connectivity index (χ1n) is 6.71. The summed E-state index contributed by atoms with van der Waals surface area (Å²) in [5.74, 6) is 0.220. The summed E-state index contributed by atoms with van der Waals surface area (Å²) >= 11 is 0. The maximum Gasteiger partial charge on any atom is 0.252 e. The molecule has 2 rings (SSSR count). The molecule has 4 heteroatoms. The highest BCUT2D eigenvalue weighted by Crippen LogP contribution is 2.28. The van der Waals surface area contributed by atoms with Crippen LogP contribution in [0.5, 0.6) is 0 Å². The molecule has 98 valence electrons. The quantitative estimate of drug-likeness (QED) is 0.781. The van der Waals surface area contributed by atoms with Gasteiger partial charge in [0, 0.05) is 25.2 Å². The second-order valence-corrected chi connectivity index (χ2v) is 5.49. The lowest BCUT2D eigenvalue weighted by molar-refractivity contribution is -0.141.